The molecule has 2 bridgehead atoms. The van der Waals surface area contributed by atoms with E-state index in [1.54, 1.807) is 6.26 Å². The van der Waals surface area contributed by atoms with E-state index in [0.717, 1.165) is 24.8 Å². The molecule has 21 heavy (non-hydrogen) atoms. The van der Waals surface area contributed by atoms with E-state index >= 15 is 0 Å². The number of rotatable bonds is 5. The zero-order chi connectivity index (χ0) is 14.7. The van der Waals surface area contributed by atoms with Crippen LogP contribution in [-0.4, -0.2) is 35.7 Å². The highest BCUT2D eigenvalue weighted by atomic mass is 32.1. The predicted octanol–water partition coefficient (Wildman–Crippen LogP) is 2.14. The molecule has 1 aromatic heterocycles. The topological polar surface area (TPSA) is 40.4 Å². The van der Waals surface area contributed by atoms with Crippen LogP contribution in [0.25, 0.3) is 0 Å². The van der Waals surface area contributed by atoms with Gasteiger partial charge in [-0.1, -0.05) is 6.08 Å². The highest BCUT2D eigenvalue weighted by molar-refractivity contribution is 7.80. The van der Waals surface area contributed by atoms with Gasteiger partial charge in [-0.25, -0.2) is 0 Å². The number of fused-ring (bicyclic) bond motifs is 3. The molecule has 4 rings (SSSR count). The van der Waals surface area contributed by atoms with Crippen LogP contribution in [0.1, 0.15) is 18.6 Å². The number of piperidine rings is 3. The lowest BCUT2D eigenvalue weighted by molar-refractivity contribution is 0.0215. The van der Waals surface area contributed by atoms with Gasteiger partial charge in [0.1, 0.15) is 5.76 Å². The average Bonchev–Trinajstić information content (AvgIpc) is 3.04. The van der Waals surface area contributed by atoms with Crippen molar-refractivity contribution in [2.75, 3.05) is 19.6 Å². The minimum absolute atomic E-state index is 0.600. The minimum atomic E-state index is 0.600. The summed E-state index contributed by atoms with van der Waals surface area (Å²) in [7, 11) is 0. The van der Waals surface area contributed by atoms with Crippen LogP contribution in [0.2, 0.25) is 0 Å². The SMILES string of the molecule is C=C[C@@H]1CN2CC[C@H]1C[C@@H]2CNC(=S)NCc1ccco1. The van der Waals surface area contributed by atoms with E-state index in [9.17, 15) is 0 Å². The molecule has 2 N–H and O–H groups in total. The lowest BCUT2D eigenvalue weighted by Crippen LogP contribution is -2.56. The molecule has 3 aliphatic heterocycles. The molecular weight excluding hydrogens is 282 g/mol. The van der Waals surface area contributed by atoms with Crippen LogP contribution in [0.15, 0.2) is 35.5 Å². The largest absolute Gasteiger partial charge is 0.467 e. The Morgan fingerprint density at radius 1 is 1.52 bits per heavy atom. The number of nitrogens with zero attached hydrogens (tertiary/aromatic N) is 1. The Kier molecular flexibility index (Phi) is 4.60. The first-order valence-corrected chi connectivity index (χ1v) is 8.08. The average molecular weight is 305 g/mol. The maximum Gasteiger partial charge on any atom is 0.166 e. The van der Waals surface area contributed by atoms with Crippen LogP contribution < -0.4 is 10.6 Å². The van der Waals surface area contributed by atoms with Crippen LogP contribution in [0.5, 0.6) is 0 Å². The van der Waals surface area contributed by atoms with Crippen molar-refractivity contribution in [1.29, 1.82) is 0 Å². The van der Waals surface area contributed by atoms with Crippen LogP contribution in [-0.2, 0) is 6.54 Å². The van der Waals surface area contributed by atoms with Crippen molar-refractivity contribution in [3.8, 4) is 0 Å². The number of nitrogens with one attached hydrogen (secondary N) is 2. The number of thiocarbonyl (C=S) groups is 1. The second-order valence-corrected chi connectivity index (χ2v) is 6.38. The zero-order valence-corrected chi connectivity index (χ0v) is 13.1. The van der Waals surface area contributed by atoms with Crippen molar-refractivity contribution in [3.05, 3.63) is 36.8 Å². The van der Waals surface area contributed by atoms with Crippen LogP contribution in [0, 0.1) is 11.8 Å². The highest BCUT2D eigenvalue weighted by Crippen LogP contribution is 2.36. The Balaban J connectivity index is 1.41. The molecule has 0 saturated carbocycles. The van der Waals surface area contributed by atoms with Gasteiger partial charge in [0, 0.05) is 19.1 Å². The number of hydrogen-bond acceptors (Lipinski definition) is 3. The Bertz CT molecular complexity index is 488. The molecule has 1 unspecified atom stereocenters. The molecule has 3 fully saturated rings. The second kappa shape index (κ2) is 6.62. The molecule has 3 saturated heterocycles. The fraction of sp³-hybridized carbons (Fsp3) is 0.562. The van der Waals surface area contributed by atoms with Gasteiger partial charge in [-0.15, -0.1) is 6.58 Å². The lowest BCUT2D eigenvalue weighted by Gasteiger charge is -2.49. The Labute approximate surface area is 131 Å². The summed E-state index contributed by atoms with van der Waals surface area (Å²) < 4.78 is 5.28. The van der Waals surface area contributed by atoms with E-state index < -0.39 is 0 Å². The molecule has 0 aromatic carbocycles. The van der Waals surface area contributed by atoms with Crippen molar-refractivity contribution >= 4 is 17.3 Å². The summed E-state index contributed by atoms with van der Waals surface area (Å²) >= 11 is 5.33. The van der Waals surface area contributed by atoms with Crippen LogP contribution >= 0.6 is 12.2 Å². The van der Waals surface area contributed by atoms with Crippen LogP contribution in [0.4, 0.5) is 0 Å². The van der Waals surface area contributed by atoms with E-state index in [4.69, 9.17) is 16.6 Å². The first kappa shape index (κ1) is 14.6. The summed E-state index contributed by atoms with van der Waals surface area (Å²) in [4.78, 5) is 2.58. The third-order valence-electron chi connectivity index (χ3n) is 4.73. The van der Waals surface area contributed by atoms with E-state index in [1.807, 2.05) is 12.1 Å². The van der Waals surface area contributed by atoms with Crippen molar-refractivity contribution in [1.82, 2.24) is 15.5 Å². The molecule has 0 spiro atoms. The monoisotopic (exact) mass is 305 g/mol. The van der Waals surface area contributed by atoms with Crippen molar-refractivity contribution in [2.45, 2.75) is 25.4 Å². The van der Waals surface area contributed by atoms with Gasteiger partial charge in [0.2, 0.25) is 0 Å². The predicted molar refractivity (Wildman–Crippen MR) is 87.9 cm³/mol. The Morgan fingerprint density at radius 2 is 2.43 bits per heavy atom. The molecule has 5 heteroatoms. The third kappa shape index (κ3) is 3.47. The standard InChI is InChI=1S/C16H23N3OS/c1-2-12-11-19-6-5-13(12)8-14(19)9-17-16(21)18-10-15-4-3-7-20-15/h2-4,7,12-14H,1,5-6,8-11H2,(H2,17,18,21)/t12-,13+,14-/m1/s1. The minimum Gasteiger partial charge on any atom is -0.467 e. The van der Waals surface area contributed by atoms with Crippen molar-refractivity contribution < 1.29 is 4.42 Å². The lowest BCUT2D eigenvalue weighted by atomic mass is 9.76. The van der Waals surface area contributed by atoms with Gasteiger partial charge >= 0.3 is 0 Å². The van der Waals surface area contributed by atoms with Gasteiger partial charge in [-0.2, -0.15) is 0 Å². The van der Waals surface area contributed by atoms with E-state index in [0.29, 0.717) is 23.6 Å². The van der Waals surface area contributed by atoms with Gasteiger partial charge in [-0.3, -0.25) is 4.90 Å². The molecule has 4 nitrogen and oxygen atoms in total. The van der Waals surface area contributed by atoms with Gasteiger partial charge in [0.15, 0.2) is 5.11 Å². The van der Waals surface area contributed by atoms with E-state index in [1.165, 1.54) is 19.4 Å². The second-order valence-electron chi connectivity index (χ2n) is 5.98. The molecule has 4 heterocycles. The van der Waals surface area contributed by atoms with E-state index in [2.05, 4.69) is 28.2 Å². The summed E-state index contributed by atoms with van der Waals surface area (Å²) in [6.07, 6.45) is 6.38. The first-order chi connectivity index (χ1) is 10.3. The summed E-state index contributed by atoms with van der Waals surface area (Å²) in [5, 5.41) is 7.23. The molecule has 114 valence electrons. The molecule has 3 aliphatic rings. The molecule has 0 radical (unpaired) electrons. The smallest absolute Gasteiger partial charge is 0.166 e. The van der Waals surface area contributed by atoms with Gasteiger partial charge in [0.25, 0.3) is 0 Å². The third-order valence-corrected chi connectivity index (χ3v) is 5.02. The molecule has 0 amide bonds. The van der Waals surface area contributed by atoms with Crippen molar-refractivity contribution in [2.24, 2.45) is 11.8 Å². The molecule has 0 aliphatic carbocycles. The summed E-state index contributed by atoms with van der Waals surface area (Å²) in [6.45, 7) is 7.90. The van der Waals surface area contributed by atoms with Crippen molar-refractivity contribution in [3.63, 3.8) is 0 Å². The van der Waals surface area contributed by atoms with Gasteiger partial charge < -0.3 is 15.1 Å². The number of hydrogen-bond donors (Lipinski definition) is 2. The fourth-order valence-corrected chi connectivity index (χ4v) is 3.67. The maximum atomic E-state index is 5.33. The van der Waals surface area contributed by atoms with E-state index in [-0.39, 0.29) is 0 Å². The normalized spacial score (nSPS) is 30.9. The van der Waals surface area contributed by atoms with Crippen LogP contribution in [0.3, 0.4) is 0 Å². The van der Waals surface area contributed by atoms with Gasteiger partial charge in [-0.05, 0) is 55.6 Å². The zero-order valence-electron chi connectivity index (χ0n) is 12.3. The molecule has 1 aromatic rings. The summed E-state index contributed by atoms with van der Waals surface area (Å²) in [5.41, 5.74) is 0. The fourth-order valence-electron chi connectivity index (χ4n) is 3.51. The Morgan fingerprint density at radius 3 is 3.10 bits per heavy atom. The first-order valence-electron chi connectivity index (χ1n) is 7.67. The molecular formula is C16H23N3OS. The summed E-state index contributed by atoms with van der Waals surface area (Å²) in [6, 6.07) is 4.43. The molecule has 4 atom stereocenters. The highest BCUT2D eigenvalue weighted by Gasteiger charge is 2.38. The van der Waals surface area contributed by atoms with Gasteiger partial charge in [0.05, 0.1) is 12.8 Å². The summed E-state index contributed by atoms with van der Waals surface area (Å²) in [5.74, 6) is 2.39. The maximum absolute atomic E-state index is 5.33. The quantitative estimate of drug-likeness (QED) is 0.644. The Hall–Kier alpha value is -1.33. The number of furan rings is 1.